The Hall–Kier alpha value is -2.57. The number of phenolic OH excluding ortho intramolecular Hbond substituents is 1. The second-order valence-electron chi connectivity index (χ2n) is 5.70. The van der Waals surface area contributed by atoms with Crippen molar-refractivity contribution in [1.29, 1.82) is 0 Å². The summed E-state index contributed by atoms with van der Waals surface area (Å²) < 4.78 is 0. The molecule has 0 bridgehead atoms. The van der Waals surface area contributed by atoms with E-state index in [-0.39, 0.29) is 35.0 Å². The molecule has 0 saturated carbocycles. The smallest absolute Gasteiger partial charge is 0.257 e. The summed E-state index contributed by atoms with van der Waals surface area (Å²) in [7, 11) is 1.59. The van der Waals surface area contributed by atoms with E-state index in [0.29, 0.717) is 25.2 Å². The van der Waals surface area contributed by atoms with Crippen LogP contribution in [0, 0.1) is 5.92 Å². The van der Waals surface area contributed by atoms with E-state index >= 15 is 0 Å². The van der Waals surface area contributed by atoms with E-state index in [4.69, 9.17) is 0 Å². The van der Waals surface area contributed by atoms with Crippen LogP contribution in [0.25, 0.3) is 0 Å². The normalized spacial score (nSPS) is 17.0. The zero-order valence-corrected chi connectivity index (χ0v) is 13.3. The predicted octanol–water partition coefficient (Wildman–Crippen LogP) is 0.949. The SMILES string of the molecule is CNC(=O)C[C@@H]1CCN(C(=O)c2ccc(NC(C)=O)cc2O)C1. The van der Waals surface area contributed by atoms with Crippen molar-refractivity contribution in [2.75, 3.05) is 25.5 Å². The van der Waals surface area contributed by atoms with E-state index in [0.717, 1.165) is 6.42 Å². The summed E-state index contributed by atoms with van der Waals surface area (Å²) in [5.74, 6) is -0.584. The lowest BCUT2D eigenvalue weighted by Gasteiger charge is -2.17. The summed E-state index contributed by atoms with van der Waals surface area (Å²) >= 11 is 0. The lowest BCUT2D eigenvalue weighted by atomic mass is 10.0. The Morgan fingerprint density at radius 3 is 2.70 bits per heavy atom. The molecule has 7 nitrogen and oxygen atoms in total. The molecule has 1 aromatic carbocycles. The van der Waals surface area contributed by atoms with Gasteiger partial charge in [0.25, 0.3) is 5.91 Å². The van der Waals surface area contributed by atoms with Gasteiger partial charge in [-0.15, -0.1) is 0 Å². The summed E-state index contributed by atoms with van der Waals surface area (Å²) in [5.41, 5.74) is 0.630. The molecule has 2 rings (SSSR count). The minimum Gasteiger partial charge on any atom is -0.507 e. The summed E-state index contributed by atoms with van der Waals surface area (Å²) in [6, 6.07) is 4.42. The monoisotopic (exact) mass is 319 g/mol. The third kappa shape index (κ3) is 4.21. The molecule has 0 unspecified atom stereocenters. The quantitative estimate of drug-likeness (QED) is 0.769. The number of carbonyl (C=O) groups is 3. The molecule has 1 aliphatic heterocycles. The maximum atomic E-state index is 12.5. The van der Waals surface area contributed by atoms with Crippen LogP contribution < -0.4 is 10.6 Å². The van der Waals surface area contributed by atoms with Crippen LogP contribution in [0.3, 0.4) is 0 Å². The molecule has 3 amide bonds. The van der Waals surface area contributed by atoms with Gasteiger partial charge in [-0.25, -0.2) is 0 Å². The van der Waals surface area contributed by atoms with Crippen LogP contribution in [0.15, 0.2) is 18.2 Å². The van der Waals surface area contributed by atoms with Crippen molar-refractivity contribution in [3.63, 3.8) is 0 Å². The Bertz CT molecular complexity index is 630. The molecule has 7 heteroatoms. The number of carbonyl (C=O) groups excluding carboxylic acids is 3. The number of phenols is 1. The van der Waals surface area contributed by atoms with Crippen LogP contribution in [-0.4, -0.2) is 47.9 Å². The van der Waals surface area contributed by atoms with E-state index in [1.165, 1.54) is 19.1 Å². The first-order valence-corrected chi connectivity index (χ1v) is 7.51. The highest BCUT2D eigenvalue weighted by Gasteiger charge is 2.29. The summed E-state index contributed by atoms with van der Waals surface area (Å²) in [6.45, 7) is 2.43. The number of rotatable bonds is 4. The standard InChI is InChI=1S/C16H21N3O4/c1-10(20)18-12-3-4-13(14(21)8-12)16(23)19-6-5-11(9-19)7-15(22)17-2/h3-4,8,11,21H,5-7,9H2,1-2H3,(H,17,22)(H,18,20)/t11-/m0/s1. The minimum absolute atomic E-state index is 0.0354. The molecule has 1 saturated heterocycles. The minimum atomic E-state index is -0.267. The summed E-state index contributed by atoms with van der Waals surface area (Å²) in [5, 5.41) is 15.2. The fourth-order valence-electron chi connectivity index (χ4n) is 2.71. The second kappa shape index (κ2) is 7.13. The van der Waals surface area contributed by atoms with E-state index in [1.807, 2.05) is 0 Å². The van der Waals surface area contributed by atoms with E-state index in [2.05, 4.69) is 10.6 Å². The van der Waals surface area contributed by atoms with Crippen LogP contribution in [0.4, 0.5) is 5.69 Å². The van der Waals surface area contributed by atoms with Crippen LogP contribution in [0.1, 0.15) is 30.1 Å². The highest BCUT2D eigenvalue weighted by molar-refractivity contribution is 5.98. The first kappa shape index (κ1) is 16.8. The molecule has 124 valence electrons. The number of likely N-dealkylation sites (tertiary alicyclic amines) is 1. The lowest BCUT2D eigenvalue weighted by molar-refractivity contribution is -0.121. The molecule has 1 aromatic rings. The number of aromatic hydroxyl groups is 1. The van der Waals surface area contributed by atoms with Crippen molar-refractivity contribution in [1.82, 2.24) is 10.2 Å². The fraction of sp³-hybridized carbons (Fsp3) is 0.438. The van der Waals surface area contributed by atoms with Crippen molar-refractivity contribution in [2.24, 2.45) is 5.92 Å². The third-order valence-corrected chi connectivity index (χ3v) is 3.87. The molecular formula is C16H21N3O4. The number of anilines is 1. The van der Waals surface area contributed by atoms with Crippen LogP contribution in [-0.2, 0) is 9.59 Å². The predicted molar refractivity (Wildman–Crippen MR) is 85.1 cm³/mol. The second-order valence-corrected chi connectivity index (χ2v) is 5.70. The Morgan fingerprint density at radius 1 is 1.35 bits per heavy atom. The number of nitrogens with zero attached hydrogens (tertiary/aromatic N) is 1. The van der Waals surface area contributed by atoms with Gasteiger partial charge in [0.15, 0.2) is 0 Å². The molecule has 0 aliphatic carbocycles. The summed E-state index contributed by atoms with van der Waals surface area (Å²) in [4.78, 5) is 36.5. The van der Waals surface area contributed by atoms with Crippen LogP contribution in [0.2, 0.25) is 0 Å². The Kier molecular flexibility index (Phi) is 5.20. The van der Waals surface area contributed by atoms with E-state index < -0.39 is 0 Å². The molecule has 23 heavy (non-hydrogen) atoms. The zero-order chi connectivity index (χ0) is 17.0. The topological polar surface area (TPSA) is 98.7 Å². The van der Waals surface area contributed by atoms with Gasteiger partial charge in [-0.3, -0.25) is 14.4 Å². The van der Waals surface area contributed by atoms with Crippen molar-refractivity contribution in [3.8, 4) is 5.75 Å². The van der Waals surface area contributed by atoms with Gasteiger partial charge in [-0.05, 0) is 24.5 Å². The van der Waals surface area contributed by atoms with Crippen molar-refractivity contribution < 1.29 is 19.5 Å². The van der Waals surface area contributed by atoms with Gasteiger partial charge >= 0.3 is 0 Å². The van der Waals surface area contributed by atoms with Gasteiger partial charge in [-0.1, -0.05) is 0 Å². The number of hydrogen-bond donors (Lipinski definition) is 3. The van der Waals surface area contributed by atoms with E-state index in [1.54, 1.807) is 18.0 Å². The van der Waals surface area contributed by atoms with Gasteiger partial charge in [-0.2, -0.15) is 0 Å². The molecule has 3 N–H and O–H groups in total. The van der Waals surface area contributed by atoms with Gasteiger partial charge in [0.05, 0.1) is 5.56 Å². The number of nitrogens with one attached hydrogen (secondary N) is 2. The lowest BCUT2D eigenvalue weighted by Crippen LogP contribution is -2.29. The van der Waals surface area contributed by atoms with E-state index in [9.17, 15) is 19.5 Å². The molecule has 0 radical (unpaired) electrons. The highest BCUT2D eigenvalue weighted by Crippen LogP contribution is 2.27. The highest BCUT2D eigenvalue weighted by atomic mass is 16.3. The average Bonchev–Trinajstić information content (AvgIpc) is 2.94. The van der Waals surface area contributed by atoms with Crippen molar-refractivity contribution in [3.05, 3.63) is 23.8 Å². The Morgan fingerprint density at radius 2 is 2.09 bits per heavy atom. The first-order valence-electron chi connectivity index (χ1n) is 7.51. The average molecular weight is 319 g/mol. The number of hydrogen-bond acceptors (Lipinski definition) is 4. The number of benzene rings is 1. The maximum Gasteiger partial charge on any atom is 0.257 e. The maximum absolute atomic E-state index is 12.5. The van der Waals surface area contributed by atoms with Crippen molar-refractivity contribution in [2.45, 2.75) is 19.8 Å². The van der Waals surface area contributed by atoms with Gasteiger partial charge in [0.1, 0.15) is 5.75 Å². The number of amides is 3. The van der Waals surface area contributed by atoms with Gasteiger partial charge in [0.2, 0.25) is 11.8 Å². The Labute approximate surface area is 134 Å². The third-order valence-electron chi connectivity index (χ3n) is 3.87. The molecule has 1 fully saturated rings. The molecule has 0 spiro atoms. The molecule has 1 heterocycles. The first-order chi connectivity index (χ1) is 10.9. The van der Waals surface area contributed by atoms with Crippen LogP contribution in [0.5, 0.6) is 5.75 Å². The fourth-order valence-corrected chi connectivity index (χ4v) is 2.71. The molecular weight excluding hydrogens is 298 g/mol. The zero-order valence-electron chi connectivity index (χ0n) is 13.3. The largest absolute Gasteiger partial charge is 0.507 e. The van der Waals surface area contributed by atoms with Gasteiger partial charge in [0, 0.05) is 45.2 Å². The van der Waals surface area contributed by atoms with Crippen molar-refractivity contribution >= 4 is 23.4 Å². The molecule has 1 atom stereocenters. The Balaban J connectivity index is 2.03. The summed E-state index contributed by atoms with van der Waals surface area (Å²) in [6.07, 6.45) is 1.16. The molecule has 1 aliphatic rings. The van der Waals surface area contributed by atoms with Gasteiger partial charge < -0.3 is 20.6 Å². The van der Waals surface area contributed by atoms with Crippen LogP contribution >= 0.6 is 0 Å². The molecule has 0 aromatic heterocycles.